The van der Waals surface area contributed by atoms with Gasteiger partial charge in [-0.3, -0.25) is 9.89 Å². The Kier molecular flexibility index (Phi) is 6.53. The minimum atomic E-state index is -0.514. The summed E-state index contributed by atoms with van der Waals surface area (Å²) in [5.74, 6) is 0.661. The number of rotatable bonds is 5. The van der Waals surface area contributed by atoms with Gasteiger partial charge >= 0.3 is 6.09 Å². The van der Waals surface area contributed by atoms with Crippen molar-refractivity contribution in [2.45, 2.75) is 64.0 Å². The van der Waals surface area contributed by atoms with Crippen LogP contribution in [0.2, 0.25) is 0 Å². The van der Waals surface area contributed by atoms with Gasteiger partial charge in [-0.25, -0.2) is 4.79 Å². The van der Waals surface area contributed by atoms with Gasteiger partial charge in [0.2, 0.25) is 5.91 Å². The minimum Gasteiger partial charge on any atom is -0.444 e. The highest BCUT2D eigenvalue weighted by Crippen LogP contribution is 2.42. The number of hydrogen-bond acceptors (Lipinski definition) is 4. The molecule has 2 fully saturated rings. The quantitative estimate of drug-likeness (QED) is 0.766. The number of ether oxygens (including phenoxy) is 1. The third kappa shape index (κ3) is 5.14. The van der Waals surface area contributed by atoms with Crippen LogP contribution in [0.4, 0.5) is 4.79 Å². The van der Waals surface area contributed by atoms with Gasteiger partial charge in [-0.15, -0.1) is 0 Å². The van der Waals surface area contributed by atoms with Crippen LogP contribution in [0.15, 0.2) is 42.7 Å². The van der Waals surface area contributed by atoms with Crippen LogP contribution in [0.1, 0.15) is 57.1 Å². The summed E-state index contributed by atoms with van der Waals surface area (Å²) in [7, 11) is 0. The molecule has 172 valence electrons. The van der Waals surface area contributed by atoms with Crippen molar-refractivity contribution in [1.29, 1.82) is 0 Å². The number of carbonyl (C=O) groups excluding carboxylic acids is 2. The maximum Gasteiger partial charge on any atom is 0.410 e. The molecule has 0 saturated carbocycles. The first-order valence-electron chi connectivity index (χ1n) is 11.6. The number of aromatic amines is 1. The predicted molar refractivity (Wildman–Crippen MR) is 122 cm³/mol. The lowest BCUT2D eigenvalue weighted by atomic mass is 9.82. The van der Waals surface area contributed by atoms with E-state index in [1.807, 2.05) is 56.3 Å². The van der Waals surface area contributed by atoms with Crippen molar-refractivity contribution in [1.82, 2.24) is 20.0 Å². The number of benzene rings is 1. The SMILES string of the molecule is CC(C)(C)OC(=O)N1CC[C@H]2[C@@H](C1)[C@H](c1ccccc1)CN2C(=O)CCCc1cn[nH]c1. The fourth-order valence-corrected chi connectivity index (χ4v) is 5.07. The second-order valence-corrected chi connectivity index (χ2v) is 9.97. The van der Waals surface area contributed by atoms with Crippen LogP contribution < -0.4 is 0 Å². The molecule has 0 radical (unpaired) electrons. The number of likely N-dealkylation sites (tertiary alicyclic amines) is 2. The number of aromatic nitrogens is 2. The van der Waals surface area contributed by atoms with Crippen molar-refractivity contribution in [2.75, 3.05) is 19.6 Å². The molecule has 3 heterocycles. The molecule has 0 bridgehead atoms. The molecule has 1 aromatic carbocycles. The first-order valence-corrected chi connectivity index (χ1v) is 11.6. The van der Waals surface area contributed by atoms with E-state index in [2.05, 4.69) is 27.2 Å². The Hall–Kier alpha value is -2.83. The molecule has 32 heavy (non-hydrogen) atoms. The monoisotopic (exact) mass is 438 g/mol. The van der Waals surface area contributed by atoms with Crippen molar-refractivity contribution >= 4 is 12.0 Å². The number of amides is 2. The van der Waals surface area contributed by atoms with Crippen LogP contribution in [0.5, 0.6) is 0 Å². The lowest BCUT2D eigenvalue weighted by molar-refractivity contribution is -0.133. The van der Waals surface area contributed by atoms with Crippen LogP contribution in [0.3, 0.4) is 0 Å². The molecule has 1 N–H and O–H groups in total. The average molecular weight is 439 g/mol. The van der Waals surface area contributed by atoms with Crippen LogP contribution in [-0.4, -0.2) is 63.3 Å². The maximum absolute atomic E-state index is 13.2. The first-order chi connectivity index (χ1) is 15.3. The first kappa shape index (κ1) is 22.4. The second-order valence-electron chi connectivity index (χ2n) is 9.97. The summed E-state index contributed by atoms with van der Waals surface area (Å²) in [4.78, 5) is 29.9. The van der Waals surface area contributed by atoms with E-state index in [0.717, 1.165) is 24.8 Å². The van der Waals surface area contributed by atoms with Crippen molar-refractivity contribution in [3.05, 3.63) is 53.9 Å². The highest BCUT2D eigenvalue weighted by atomic mass is 16.6. The van der Waals surface area contributed by atoms with Crippen LogP contribution in [0.25, 0.3) is 0 Å². The number of H-pyrrole nitrogens is 1. The molecule has 7 nitrogen and oxygen atoms in total. The lowest BCUT2D eigenvalue weighted by Gasteiger charge is -2.39. The van der Waals surface area contributed by atoms with Crippen LogP contribution in [-0.2, 0) is 16.0 Å². The van der Waals surface area contributed by atoms with Crippen LogP contribution >= 0.6 is 0 Å². The van der Waals surface area contributed by atoms with Gasteiger partial charge in [-0.2, -0.15) is 5.10 Å². The van der Waals surface area contributed by atoms with E-state index < -0.39 is 5.60 Å². The number of piperidine rings is 1. The van der Waals surface area contributed by atoms with E-state index in [9.17, 15) is 9.59 Å². The fraction of sp³-hybridized carbons (Fsp3) is 0.560. The summed E-state index contributed by atoms with van der Waals surface area (Å²) in [6.45, 7) is 7.64. The van der Waals surface area contributed by atoms with Gasteiger partial charge in [-0.1, -0.05) is 30.3 Å². The Morgan fingerprint density at radius 3 is 2.66 bits per heavy atom. The molecule has 2 saturated heterocycles. The van der Waals surface area contributed by atoms with E-state index in [4.69, 9.17) is 4.74 Å². The normalized spacial score (nSPS) is 23.2. The van der Waals surface area contributed by atoms with Gasteiger partial charge < -0.3 is 14.5 Å². The van der Waals surface area contributed by atoms with E-state index in [1.54, 1.807) is 0 Å². The smallest absolute Gasteiger partial charge is 0.410 e. The summed E-state index contributed by atoms with van der Waals surface area (Å²) >= 11 is 0. The number of nitrogens with zero attached hydrogens (tertiary/aromatic N) is 3. The predicted octanol–water partition coefficient (Wildman–Crippen LogP) is 3.98. The van der Waals surface area contributed by atoms with Crippen LogP contribution in [0, 0.1) is 5.92 Å². The third-order valence-electron chi connectivity index (χ3n) is 6.54. The van der Waals surface area contributed by atoms with Crippen molar-refractivity contribution in [3.8, 4) is 0 Å². The lowest BCUT2D eigenvalue weighted by Crippen LogP contribution is -2.50. The van der Waals surface area contributed by atoms with E-state index >= 15 is 0 Å². The highest BCUT2D eigenvalue weighted by Gasteiger charge is 2.47. The molecule has 0 unspecified atom stereocenters. The number of carbonyl (C=O) groups is 2. The van der Waals surface area contributed by atoms with E-state index in [1.165, 1.54) is 5.56 Å². The molecule has 2 amide bonds. The van der Waals surface area contributed by atoms with Gasteiger partial charge in [0.25, 0.3) is 0 Å². The number of nitrogens with one attached hydrogen (secondary N) is 1. The Morgan fingerprint density at radius 1 is 1.19 bits per heavy atom. The molecule has 2 aliphatic heterocycles. The zero-order chi connectivity index (χ0) is 22.7. The largest absolute Gasteiger partial charge is 0.444 e. The van der Waals surface area contributed by atoms with Crippen molar-refractivity contribution in [2.24, 2.45) is 5.92 Å². The van der Waals surface area contributed by atoms with Gasteiger partial charge in [0, 0.05) is 50.1 Å². The van der Waals surface area contributed by atoms with E-state index in [0.29, 0.717) is 26.1 Å². The molecule has 0 aliphatic carbocycles. The summed E-state index contributed by atoms with van der Waals surface area (Å²) in [6.07, 6.45) is 6.42. The molecule has 7 heteroatoms. The summed E-state index contributed by atoms with van der Waals surface area (Å²) in [6, 6.07) is 10.6. The van der Waals surface area contributed by atoms with Crippen molar-refractivity contribution < 1.29 is 14.3 Å². The summed E-state index contributed by atoms with van der Waals surface area (Å²) in [5.41, 5.74) is 1.85. The summed E-state index contributed by atoms with van der Waals surface area (Å²) < 4.78 is 5.63. The molecule has 2 aromatic rings. The molecular weight excluding hydrogens is 404 g/mol. The maximum atomic E-state index is 13.2. The standard InChI is InChI=1S/C25H34N4O3/c1-25(2,3)32-24(31)28-13-12-22-21(16-28)20(19-9-5-4-6-10-19)17-29(22)23(30)11-7-8-18-14-26-27-15-18/h4-6,9-10,14-15,20-22H,7-8,11-13,16-17H2,1-3H3,(H,26,27)/t20-,21-,22-/m0/s1. The molecule has 1 aromatic heterocycles. The Bertz CT molecular complexity index is 907. The Morgan fingerprint density at radius 2 is 1.97 bits per heavy atom. The summed E-state index contributed by atoms with van der Waals surface area (Å²) in [5, 5.41) is 6.80. The minimum absolute atomic E-state index is 0.167. The molecule has 4 rings (SSSR count). The number of aryl methyl sites for hydroxylation is 1. The fourth-order valence-electron chi connectivity index (χ4n) is 5.07. The molecule has 3 atom stereocenters. The highest BCUT2D eigenvalue weighted by molar-refractivity contribution is 5.77. The second kappa shape index (κ2) is 9.35. The third-order valence-corrected chi connectivity index (χ3v) is 6.54. The van der Waals surface area contributed by atoms with Gasteiger partial charge in [0.15, 0.2) is 0 Å². The van der Waals surface area contributed by atoms with Crippen molar-refractivity contribution in [3.63, 3.8) is 0 Å². The molecule has 0 spiro atoms. The molecular formula is C25H34N4O3. The zero-order valence-electron chi connectivity index (χ0n) is 19.3. The van der Waals surface area contributed by atoms with Gasteiger partial charge in [-0.05, 0) is 51.2 Å². The Balaban J connectivity index is 1.46. The van der Waals surface area contributed by atoms with Gasteiger partial charge in [0.1, 0.15) is 5.60 Å². The molecule has 2 aliphatic rings. The topological polar surface area (TPSA) is 78.5 Å². The van der Waals surface area contributed by atoms with Gasteiger partial charge in [0.05, 0.1) is 6.20 Å². The number of hydrogen-bond donors (Lipinski definition) is 1. The number of fused-ring (bicyclic) bond motifs is 1. The average Bonchev–Trinajstić information content (AvgIpc) is 3.40. The Labute approximate surface area is 190 Å². The zero-order valence-corrected chi connectivity index (χ0v) is 19.3. The van der Waals surface area contributed by atoms with E-state index in [-0.39, 0.29) is 29.9 Å².